The lowest BCUT2D eigenvalue weighted by atomic mass is 10.1. The molecule has 1 rings (SSSR count). The summed E-state index contributed by atoms with van der Waals surface area (Å²) in [5.41, 5.74) is 6.70. The van der Waals surface area contributed by atoms with Gasteiger partial charge < -0.3 is 15.8 Å². The molecule has 0 radical (unpaired) electrons. The summed E-state index contributed by atoms with van der Waals surface area (Å²) in [6, 6.07) is 4.93. The van der Waals surface area contributed by atoms with Gasteiger partial charge in [0.15, 0.2) is 0 Å². The molecule has 1 unspecified atom stereocenters. The number of hydrogen-bond donors (Lipinski definition) is 2. The van der Waals surface area contributed by atoms with Crippen molar-refractivity contribution in [2.75, 3.05) is 12.8 Å². The fraction of sp³-hybridized carbons (Fsp3) is 0.357. The Balaban J connectivity index is 2.78. The minimum Gasteiger partial charge on any atom is -0.495 e. The Morgan fingerprint density at radius 2 is 2.33 bits per heavy atom. The Kier molecular flexibility index (Phi) is 5.06. The number of nitrogen functional groups attached to an aromatic ring is 1. The highest BCUT2D eigenvalue weighted by Gasteiger charge is 2.12. The van der Waals surface area contributed by atoms with Gasteiger partial charge >= 0.3 is 0 Å². The van der Waals surface area contributed by atoms with Crippen LogP contribution in [0.4, 0.5) is 5.69 Å². The van der Waals surface area contributed by atoms with Gasteiger partial charge in [-0.2, -0.15) is 0 Å². The summed E-state index contributed by atoms with van der Waals surface area (Å²) in [6.07, 6.45) is 6.56. The average Bonchev–Trinajstić information content (AvgIpc) is 2.37. The average molecular weight is 246 g/mol. The lowest BCUT2D eigenvalue weighted by molar-refractivity contribution is 0.0936. The molecule has 0 saturated heterocycles. The molecule has 0 fully saturated rings. The molecule has 0 spiro atoms. The molecule has 0 aliphatic heterocycles. The van der Waals surface area contributed by atoms with Crippen LogP contribution >= 0.6 is 0 Å². The van der Waals surface area contributed by atoms with Gasteiger partial charge in [0.25, 0.3) is 5.91 Å². The standard InChI is InChI=1S/C14H18N2O2/c1-4-6-11(5-2)16-14(17)10-7-8-13(18-3)12(15)9-10/h1,7-9,11H,5-6,15H2,2-3H3,(H,16,17). The summed E-state index contributed by atoms with van der Waals surface area (Å²) >= 11 is 0. The minimum atomic E-state index is -0.175. The van der Waals surface area contributed by atoms with Crippen molar-refractivity contribution in [1.82, 2.24) is 5.32 Å². The van der Waals surface area contributed by atoms with Gasteiger partial charge in [0.2, 0.25) is 0 Å². The number of hydrogen-bond acceptors (Lipinski definition) is 3. The molecule has 1 amide bonds. The van der Waals surface area contributed by atoms with E-state index >= 15 is 0 Å². The van der Waals surface area contributed by atoms with E-state index < -0.39 is 0 Å². The van der Waals surface area contributed by atoms with E-state index in [9.17, 15) is 4.79 Å². The highest BCUT2D eigenvalue weighted by Crippen LogP contribution is 2.21. The molecule has 0 saturated carbocycles. The van der Waals surface area contributed by atoms with Gasteiger partial charge in [0.05, 0.1) is 12.8 Å². The number of terminal acetylenes is 1. The van der Waals surface area contributed by atoms with E-state index in [4.69, 9.17) is 16.9 Å². The van der Waals surface area contributed by atoms with Crippen LogP contribution in [-0.4, -0.2) is 19.1 Å². The maximum absolute atomic E-state index is 12.0. The molecule has 96 valence electrons. The lowest BCUT2D eigenvalue weighted by Crippen LogP contribution is -2.34. The van der Waals surface area contributed by atoms with E-state index in [-0.39, 0.29) is 11.9 Å². The summed E-state index contributed by atoms with van der Waals surface area (Å²) < 4.78 is 5.04. The Bertz CT molecular complexity index is 463. The lowest BCUT2D eigenvalue weighted by Gasteiger charge is -2.14. The van der Waals surface area contributed by atoms with E-state index in [1.807, 2.05) is 6.92 Å². The summed E-state index contributed by atoms with van der Waals surface area (Å²) in [5, 5.41) is 2.87. The fourth-order valence-electron chi connectivity index (χ4n) is 1.58. The Hall–Kier alpha value is -2.15. The second-order valence-corrected chi connectivity index (χ2v) is 3.94. The van der Waals surface area contributed by atoms with Gasteiger partial charge in [-0.05, 0) is 24.6 Å². The van der Waals surface area contributed by atoms with Crippen LogP contribution in [0.5, 0.6) is 5.75 Å². The molecule has 4 heteroatoms. The molecule has 0 bridgehead atoms. The fourth-order valence-corrected chi connectivity index (χ4v) is 1.58. The first-order valence-corrected chi connectivity index (χ1v) is 5.80. The molecular formula is C14H18N2O2. The van der Waals surface area contributed by atoms with Crippen LogP contribution in [0.2, 0.25) is 0 Å². The zero-order chi connectivity index (χ0) is 13.5. The number of amides is 1. The quantitative estimate of drug-likeness (QED) is 0.615. The van der Waals surface area contributed by atoms with Crippen molar-refractivity contribution in [3.8, 4) is 18.1 Å². The van der Waals surface area contributed by atoms with E-state index in [1.54, 1.807) is 18.2 Å². The number of benzene rings is 1. The molecule has 0 aliphatic carbocycles. The van der Waals surface area contributed by atoms with Gasteiger partial charge in [0, 0.05) is 18.0 Å². The first-order chi connectivity index (χ1) is 8.62. The maximum Gasteiger partial charge on any atom is 0.251 e. The third kappa shape index (κ3) is 3.42. The topological polar surface area (TPSA) is 64.3 Å². The number of nitrogens with two attached hydrogens (primary N) is 1. The molecule has 3 N–H and O–H groups in total. The van der Waals surface area contributed by atoms with E-state index in [0.717, 1.165) is 6.42 Å². The molecule has 0 aromatic heterocycles. The summed E-state index contributed by atoms with van der Waals surface area (Å²) in [7, 11) is 1.53. The van der Waals surface area contributed by atoms with Crippen LogP contribution in [0.1, 0.15) is 30.1 Å². The normalized spacial score (nSPS) is 11.4. The molecule has 1 aromatic carbocycles. The Labute approximate surface area is 108 Å². The van der Waals surface area contributed by atoms with Crippen molar-refractivity contribution >= 4 is 11.6 Å². The molecule has 0 aliphatic rings. The monoisotopic (exact) mass is 246 g/mol. The van der Waals surface area contributed by atoms with Crippen LogP contribution < -0.4 is 15.8 Å². The van der Waals surface area contributed by atoms with Gasteiger partial charge in [-0.15, -0.1) is 12.3 Å². The zero-order valence-electron chi connectivity index (χ0n) is 10.7. The number of rotatable bonds is 5. The third-order valence-electron chi connectivity index (χ3n) is 2.68. The van der Waals surface area contributed by atoms with E-state index in [2.05, 4.69) is 11.2 Å². The van der Waals surface area contributed by atoms with Gasteiger partial charge in [-0.1, -0.05) is 6.92 Å². The number of nitrogens with one attached hydrogen (secondary N) is 1. The van der Waals surface area contributed by atoms with Crippen molar-refractivity contribution in [2.45, 2.75) is 25.8 Å². The summed E-state index contributed by atoms with van der Waals surface area (Å²) in [4.78, 5) is 12.0. The van der Waals surface area contributed by atoms with Gasteiger partial charge in [0.1, 0.15) is 5.75 Å². The number of ether oxygens (including phenoxy) is 1. The Morgan fingerprint density at radius 1 is 1.61 bits per heavy atom. The molecule has 4 nitrogen and oxygen atoms in total. The van der Waals surface area contributed by atoms with Crippen molar-refractivity contribution < 1.29 is 9.53 Å². The molecular weight excluding hydrogens is 228 g/mol. The van der Waals surface area contributed by atoms with Crippen molar-refractivity contribution in [3.63, 3.8) is 0 Å². The third-order valence-corrected chi connectivity index (χ3v) is 2.68. The Morgan fingerprint density at radius 3 is 2.83 bits per heavy atom. The summed E-state index contributed by atoms with van der Waals surface area (Å²) in [5.74, 6) is 2.93. The predicted molar refractivity (Wildman–Crippen MR) is 72.4 cm³/mol. The van der Waals surface area contributed by atoms with E-state index in [0.29, 0.717) is 23.4 Å². The highest BCUT2D eigenvalue weighted by atomic mass is 16.5. The molecule has 18 heavy (non-hydrogen) atoms. The van der Waals surface area contributed by atoms with Crippen molar-refractivity contribution in [1.29, 1.82) is 0 Å². The SMILES string of the molecule is C#CCC(CC)NC(=O)c1ccc(OC)c(N)c1. The second-order valence-electron chi connectivity index (χ2n) is 3.94. The van der Waals surface area contributed by atoms with Crippen molar-refractivity contribution in [3.05, 3.63) is 23.8 Å². The first-order valence-electron chi connectivity index (χ1n) is 5.80. The smallest absolute Gasteiger partial charge is 0.251 e. The van der Waals surface area contributed by atoms with Crippen LogP contribution in [0, 0.1) is 12.3 Å². The maximum atomic E-state index is 12.0. The van der Waals surface area contributed by atoms with Crippen LogP contribution in [-0.2, 0) is 0 Å². The number of anilines is 1. The van der Waals surface area contributed by atoms with Crippen LogP contribution in [0.3, 0.4) is 0 Å². The number of carbonyl (C=O) groups is 1. The minimum absolute atomic E-state index is 0.00849. The van der Waals surface area contributed by atoms with Crippen LogP contribution in [0.15, 0.2) is 18.2 Å². The van der Waals surface area contributed by atoms with Gasteiger partial charge in [-0.3, -0.25) is 4.79 Å². The summed E-state index contributed by atoms with van der Waals surface area (Å²) in [6.45, 7) is 1.98. The predicted octanol–water partition coefficient (Wildman–Crippen LogP) is 1.81. The van der Waals surface area contributed by atoms with E-state index in [1.165, 1.54) is 7.11 Å². The second kappa shape index (κ2) is 6.55. The van der Waals surface area contributed by atoms with Crippen LogP contribution in [0.25, 0.3) is 0 Å². The largest absolute Gasteiger partial charge is 0.495 e. The zero-order valence-corrected chi connectivity index (χ0v) is 10.7. The number of methoxy groups -OCH3 is 1. The van der Waals surface area contributed by atoms with Gasteiger partial charge in [-0.25, -0.2) is 0 Å². The number of carbonyl (C=O) groups excluding carboxylic acids is 1. The molecule has 1 aromatic rings. The molecule has 1 atom stereocenters. The molecule has 0 heterocycles. The van der Waals surface area contributed by atoms with Crippen molar-refractivity contribution in [2.24, 2.45) is 0 Å². The highest BCUT2D eigenvalue weighted by molar-refractivity contribution is 5.95. The first kappa shape index (κ1) is 13.9.